The van der Waals surface area contributed by atoms with Crippen LogP contribution in [0.1, 0.15) is 6.92 Å². The molecule has 0 saturated carbocycles. The Morgan fingerprint density at radius 1 is 0.871 bits per heavy atom. The molecule has 1 N–H and O–H groups in total. The van der Waals surface area contributed by atoms with Crippen LogP contribution in [0.4, 0.5) is 5.69 Å². The maximum Gasteiger partial charge on any atom is 0.265 e. The van der Waals surface area contributed by atoms with Crippen molar-refractivity contribution in [2.24, 2.45) is 0 Å². The van der Waals surface area contributed by atoms with Gasteiger partial charge in [-0.1, -0.05) is 48.5 Å². The maximum absolute atomic E-state index is 12.8. The Hall–Kier alpha value is -3.99. The maximum atomic E-state index is 12.8. The largest absolute Gasteiger partial charge is 0.495 e. The molecule has 5 nitrogen and oxygen atoms in total. The number of rotatable bonds is 5. The summed E-state index contributed by atoms with van der Waals surface area (Å²) in [6.07, 6.45) is -0.697. The summed E-state index contributed by atoms with van der Waals surface area (Å²) in [7, 11) is 1.58. The molecule has 154 valence electrons. The molecular weight excluding hydrogens is 390 g/mol. The van der Waals surface area contributed by atoms with Crippen molar-refractivity contribution >= 4 is 44.3 Å². The van der Waals surface area contributed by atoms with Gasteiger partial charge >= 0.3 is 0 Å². The lowest BCUT2D eigenvalue weighted by molar-refractivity contribution is -0.122. The van der Waals surface area contributed by atoms with Crippen molar-refractivity contribution < 1.29 is 18.7 Å². The normalized spacial score (nSPS) is 12.2. The number of carbonyl (C=O) groups excluding carboxylic acids is 1. The number of methoxy groups -OCH3 is 1. The second-order valence-corrected chi connectivity index (χ2v) is 7.41. The van der Waals surface area contributed by atoms with Crippen LogP contribution in [0.3, 0.4) is 0 Å². The van der Waals surface area contributed by atoms with Crippen molar-refractivity contribution in [3.8, 4) is 11.5 Å². The number of nitrogens with one attached hydrogen (secondary N) is 1. The molecule has 0 unspecified atom stereocenters. The van der Waals surface area contributed by atoms with E-state index in [1.165, 1.54) is 0 Å². The highest BCUT2D eigenvalue weighted by atomic mass is 16.5. The first-order chi connectivity index (χ1) is 15.1. The molecule has 0 fully saturated rings. The molecule has 0 aliphatic heterocycles. The van der Waals surface area contributed by atoms with E-state index in [1.807, 2.05) is 72.8 Å². The minimum absolute atomic E-state index is 0.276. The Morgan fingerprint density at radius 2 is 1.65 bits per heavy atom. The minimum Gasteiger partial charge on any atom is -0.495 e. The van der Waals surface area contributed by atoms with E-state index in [-0.39, 0.29) is 5.91 Å². The first-order valence-corrected chi connectivity index (χ1v) is 10.1. The highest BCUT2D eigenvalue weighted by Gasteiger charge is 2.19. The zero-order valence-corrected chi connectivity index (χ0v) is 17.2. The van der Waals surface area contributed by atoms with Gasteiger partial charge in [-0.3, -0.25) is 4.79 Å². The van der Waals surface area contributed by atoms with Gasteiger partial charge in [0.25, 0.3) is 5.91 Å². The second-order valence-electron chi connectivity index (χ2n) is 7.41. The minimum atomic E-state index is -0.697. The van der Waals surface area contributed by atoms with Crippen molar-refractivity contribution in [3.05, 3.63) is 78.9 Å². The summed E-state index contributed by atoms with van der Waals surface area (Å²) in [5, 5.41) is 7.02. The summed E-state index contributed by atoms with van der Waals surface area (Å²) < 4.78 is 17.3. The summed E-state index contributed by atoms with van der Waals surface area (Å²) in [6, 6.07) is 25.3. The SMILES string of the molecule is COc1cc2c(cc1NC(=O)[C@H](C)Oc1ccc3ccccc3c1)oc1ccccc12. The Morgan fingerprint density at radius 3 is 2.48 bits per heavy atom. The molecule has 0 spiro atoms. The van der Waals surface area contributed by atoms with Crippen molar-refractivity contribution in [2.45, 2.75) is 13.0 Å². The van der Waals surface area contributed by atoms with E-state index in [0.717, 1.165) is 27.1 Å². The van der Waals surface area contributed by atoms with Crippen LogP contribution in [-0.4, -0.2) is 19.1 Å². The molecule has 1 amide bonds. The number of carbonyl (C=O) groups is 1. The van der Waals surface area contributed by atoms with Gasteiger partial charge in [-0.15, -0.1) is 0 Å². The number of fused-ring (bicyclic) bond motifs is 4. The zero-order chi connectivity index (χ0) is 21.4. The standard InChI is InChI=1S/C26H21NO4/c1-16(30-19-12-11-17-7-3-4-8-18(17)13-19)26(28)27-22-15-24-21(14-25(22)29-2)20-9-5-6-10-23(20)31-24/h3-16H,1-2H3,(H,27,28)/t16-/m0/s1. The molecular formula is C26H21NO4. The fraction of sp³-hybridized carbons (Fsp3) is 0.115. The van der Waals surface area contributed by atoms with Crippen molar-refractivity contribution in [1.82, 2.24) is 0 Å². The molecule has 0 radical (unpaired) electrons. The highest BCUT2D eigenvalue weighted by Crippen LogP contribution is 2.36. The third-order valence-corrected chi connectivity index (χ3v) is 5.36. The number of anilines is 1. The summed E-state index contributed by atoms with van der Waals surface area (Å²) in [4.78, 5) is 12.8. The molecule has 5 rings (SSSR count). The van der Waals surface area contributed by atoms with Crippen LogP contribution in [0.2, 0.25) is 0 Å². The van der Waals surface area contributed by atoms with Gasteiger partial charge in [-0.25, -0.2) is 0 Å². The third-order valence-electron chi connectivity index (χ3n) is 5.36. The summed E-state index contributed by atoms with van der Waals surface area (Å²) in [6.45, 7) is 1.72. The highest BCUT2D eigenvalue weighted by molar-refractivity contribution is 6.08. The fourth-order valence-corrected chi connectivity index (χ4v) is 3.75. The van der Waals surface area contributed by atoms with E-state index in [2.05, 4.69) is 5.32 Å². The molecule has 31 heavy (non-hydrogen) atoms. The molecule has 1 heterocycles. The van der Waals surface area contributed by atoms with E-state index in [0.29, 0.717) is 22.8 Å². The summed E-state index contributed by atoms with van der Waals surface area (Å²) >= 11 is 0. The Kier molecular flexibility index (Phi) is 4.71. The lowest BCUT2D eigenvalue weighted by Gasteiger charge is -2.16. The van der Waals surface area contributed by atoms with Gasteiger partial charge in [0.05, 0.1) is 12.8 Å². The topological polar surface area (TPSA) is 60.7 Å². The van der Waals surface area contributed by atoms with Gasteiger partial charge in [-0.2, -0.15) is 0 Å². The Bertz CT molecular complexity index is 1420. The van der Waals surface area contributed by atoms with Crippen LogP contribution in [0.25, 0.3) is 32.7 Å². The zero-order valence-electron chi connectivity index (χ0n) is 17.2. The Balaban J connectivity index is 1.39. The molecule has 0 bridgehead atoms. The molecule has 1 aromatic heterocycles. The number of hydrogen-bond donors (Lipinski definition) is 1. The molecule has 0 aliphatic carbocycles. The number of amides is 1. The molecule has 5 heteroatoms. The van der Waals surface area contributed by atoms with Crippen LogP contribution >= 0.6 is 0 Å². The molecule has 1 atom stereocenters. The predicted molar refractivity (Wildman–Crippen MR) is 123 cm³/mol. The second kappa shape index (κ2) is 7.69. The number of ether oxygens (including phenoxy) is 2. The first kappa shape index (κ1) is 19.0. The smallest absolute Gasteiger partial charge is 0.265 e. The van der Waals surface area contributed by atoms with Gasteiger partial charge in [0.1, 0.15) is 22.7 Å². The van der Waals surface area contributed by atoms with E-state index < -0.39 is 6.10 Å². The summed E-state index contributed by atoms with van der Waals surface area (Å²) in [5.41, 5.74) is 2.00. The summed E-state index contributed by atoms with van der Waals surface area (Å²) in [5.74, 6) is 0.924. The van der Waals surface area contributed by atoms with Crippen molar-refractivity contribution in [1.29, 1.82) is 0 Å². The van der Waals surface area contributed by atoms with E-state index in [9.17, 15) is 4.79 Å². The third kappa shape index (κ3) is 3.55. The van der Waals surface area contributed by atoms with Gasteiger partial charge in [-0.05, 0) is 42.0 Å². The number of para-hydroxylation sites is 1. The van der Waals surface area contributed by atoms with Crippen LogP contribution in [0.15, 0.2) is 83.3 Å². The number of furan rings is 1. The van der Waals surface area contributed by atoms with Gasteiger partial charge in [0, 0.05) is 16.8 Å². The fourth-order valence-electron chi connectivity index (χ4n) is 3.75. The number of benzene rings is 4. The molecule has 5 aromatic rings. The average molecular weight is 411 g/mol. The van der Waals surface area contributed by atoms with Crippen LogP contribution in [0.5, 0.6) is 11.5 Å². The lowest BCUT2D eigenvalue weighted by Crippen LogP contribution is -2.30. The predicted octanol–water partition coefficient (Wildman–Crippen LogP) is 6.15. The molecule has 0 aliphatic rings. The lowest BCUT2D eigenvalue weighted by atomic mass is 10.1. The van der Waals surface area contributed by atoms with Gasteiger partial charge in [0.2, 0.25) is 0 Å². The monoisotopic (exact) mass is 411 g/mol. The first-order valence-electron chi connectivity index (χ1n) is 10.1. The molecule has 0 saturated heterocycles. The van der Waals surface area contributed by atoms with Crippen molar-refractivity contribution in [3.63, 3.8) is 0 Å². The van der Waals surface area contributed by atoms with Gasteiger partial charge < -0.3 is 19.2 Å². The quantitative estimate of drug-likeness (QED) is 0.377. The Labute approximate surface area is 179 Å². The van der Waals surface area contributed by atoms with E-state index >= 15 is 0 Å². The van der Waals surface area contributed by atoms with Gasteiger partial charge in [0.15, 0.2) is 6.10 Å². The van der Waals surface area contributed by atoms with Crippen LogP contribution < -0.4 is 14.8 Å². The van der Waals surface area contributed by atoms with Crippen LogP contribution in [0, 0.1) is 0 Å². The number of hydrogen-bond acceptors (Lipinski definition) is 4. The van der Waals surface area contributed by atoms with E-state index in [4.69, 9.17) is 13.9 Å². The molecule has 4 aromatic carbocycles. The average Bonchev–Trinajstić information content (AvgIpc) is 3.15. The van der Waals surface area contributed by atoms with Crippen molar-refractivity contribution in [2.75, 3.05) is 12.4 Å². The van der Waals surface area contributed by atoms with E-state index in [1.54, 1.807) is 20.1 Å². The van der Waals surface area contributed by atoms with Crippen LogP contribution in [-0.2, 0) is 4.79 Å².